The molecule has 2 fully saturated rings. The van der Waals surface area contributed by atoms with Crippen molar-refractivity contribution in [2.45, 2.75) is 44.2 Å². The Balaban J connectivity index is 1.76. The number of aliphatic carboxylic acids is 1. The van der Waals surface area contributed by atoms with Crippen LogP contribution in [-0.4, -0.2) is 34.0 Å². The van der Waals surface area contributed by atoms with Gasteiger partial charge in [0.25, 0.3) is 5.91 Å². The molecular weight excluding hydrogens is 381 g/mol. The van der Waals surface area contributed by atoms with Crippen molar-refractivity contribution >= 4 is 34.5 Å². The highest BCUT2D eigenvalue weighted by Crippen LogP contribution is 2.40. The quantitative estimate of drug-likeness (QED) is 0.795. The molecule has 1 aromatic rings. The third-order valence-corrected chi connectivity index (χ3v) is 5.27. The molecule has 0 aliphatic carbocycles. The van der Waals surface area contributed by atoms with Gasteiger partial charge in [0.15, 0.2) is 0 Å². The fourth-order valence-electron chi connectivity index (χ4n) is 3.81. The highest BCUT2D eigenvalue weighted by Gasteiger charge is 2.43. The molecule has 21 heavy (non-hydrogen) atoms. The predicted molar refractivity (Wildman–Crippen MR) is 87.1 cm³/mol. The molecule has 0 radical (unpaired) electrons. The Bertz CT molecular complexity index is 560. The molecule has 1 amide bonds. The topological polar surface area (TPSA) is 57.6 Å². The zero-order valence-corrected chi connectivity index (χ0v) is 13.8. The molecule has 1 aromatic carbocycles. The molecule has 0 spiro atoms. The third kappa shape index (κ3) is 3.07. The van der Waals surface area contributed by atoms with Crippen LogP contribution < -0.4 is 0 Å². The largest absolute Gasteiger partial charge is 0.481 e. The molecule has 112 valence electrons. The van der Waals surface area contributed by atoms with E-state index in [9.17, 15) is 9.59 Å². The van der Waals surface area contributed by atoms with Crippen LogP contribution in [0.2, 0.25) is 0 Å². The van der Waals surface area contributed by atoms with Crippen LogP contribution in [0.3, 0.4) is 0 Å². The van der Waals surface area contributed by atoms with Crippen LogP contribution in [0.15, 0.2) is 24.3 Å². The summed E-state index contributed by atoms with van der Waals surface area (Å²) in [4.78, 5) is 25.7. The standard InChI is InChI=1S/C16H18INO3/c17-12-3-1-2-11(9-12)16(21)18-13-4-5-14(18)7-10(6-13)8-15(19)20/h1-3,9-10,13-14H,4-8H2,(H,19,20). The molecule has 2 bridgehead atoms. The van der Waals surface area contributed by atoms with Crippen molar-refractivity contribution in [1.29, 1.82) is 0 Å². The maximum absolute atomic E-state index is 12.7. The third-order valence-electron chi connectivity index (χ3n) is 4.60. The molecule has 5 heteroatoms. The Morgan fingerprint density at radius 3 is 2.48 bits per heavy atom. The number of carbonyl (C=O) groups excluding carboxylic acids is 1. The summed E-state index contributed by atoms with van der Waals surface area (Å²) in [6.07, 6.45) is 3.92. The molecule has 3 rings (SSSR count). The van der Waals surface area contributed by atoms with Crippen LogP contribution in [0.4, 0.5) is 0 Å². The fourth-order valence-corrected chi connectivity index (χ4v) is 4.35. The van der Waals surface area contributed by atoms with Crippen molar-refractivity contribution in [3.8, 4) is 0 Å². The first kappa shape index (κ1) is 14.8. The smallest absolute Gasteiger partial charge is 0.303 e. The summed E-state index contributed by atoms with van der Waals surface area (Å²) in [6.45, 7) is 0. The number of piperidine rings is 1. The van der Waals surface area contributed by atoms with E-state index < -0.39 is 5.97 Å². The lowest BCUT2D eigenvalue weighted by atomic mass is 9.88. The van der Waals surface area contributed by atoms with Crippen LogP contribution in [0.25, 0.3) is 0 Å². The van der Waals surface area contributed by atoms with E-state index in [1.54, 1.807) is 0 Å². The summed E-state index contributed by atoms with van der Waals surface area (Å²) in [5.74, 6) is -0.397. The van der Waals surface area contributed by atoms with E-state index in [4.69, 9.17) is 5.11 Å². The van der Waals surface area contributed by atoms with Crippen molar-refractivity contribution in [3.63, 3.8) is 0 Å². The van der Waals surface area contributed by atoms with Gasteiger partial charge in [-0.1, -0.05) is 6.07 Å². The first-order valence-corrected chi connectivity index (χ1v) is 8.42. The van der Waals surface area contributed by atoms with Gasteiger partial charge in [-0.15, -0.1) is 0 Å². The molecule has 2 aliphatic rings. The van der Waals surface area contributed by atoms with Gasteiger partial charge < -0.3 is 10.0 Å². The van der Waals surface area contributed by atoms with Crippen LogP contribution >= 0.6 is 22.6 Å². The first-order valence-electron chi connectivity index (χ1n) is 7.34. The van der Waals surface area contributed by atoms with E-state index in [0.717, 1.165) is 34.8 Å². The zero-order valence-electron chi connectivity index (χ0n) is 11.7. The van der Waals surface area contributed by atoms with Gasteiger partial charge >= 0.3 is 5.97 Å². The van der Waals surface area contributed by atoms with Crippen molar-refractivity contribution in [3.05, 3.63) is 33.4 Å². The number of halogens is 1. The Morgan fingerprint density at radius 2 is 1.90 bits per heavy atom. The van der Waals surface area contributed by atoms with Gasteiger partial charge in [0.1, 0.15) is 0 Å². The lowest BCUT2D eigenvalue weighted by Gasteiger charge is -2.38. The summed E-state index contributed by atoms with van der Waals surface area (Å²) < 4.78 is 1.06. The number of carboxylic acid groups (broad SMARTS) is 1. The van der Waals surface area contributed by atoms with Crippen molar-refractivity contribution in [2.24, 2.45) is 5.92 Å². The van der Waals surface area contributed by atoms with E-state index >= 15 is 0 Å². The number of hydrogen-bond acceptors (Lipinski definition) is 2. The summed E-state index contributed by atoms with van der Waals surface area (Å²) >= 11 is 2.22. The maximum Gasteiger partial charge on any atom is 0.303 e. The van der Waals surface area contributed by atoms with E-state index in [2.05, 4.69) is 22.6 Å². The van der Waals surface area contributed by atoms with E-state index in [-0.39, 0.29) is 30.3 Å². The van der Waals surface area contributed by atoms with Crippen molar-refractivity contribution < 1.29 is 14.7 Å². The number of benzene rings is 1. The lowest BCUT2D eigenvalue weighted by molar-refractivity contribution is -0.138. The zero-order chi connectivity index (χ0) is 15.0. The summed E-state index contributed by atoms with van der Waals surface area (Å²) in [6, 6.07) is 8.12. The molecule has 0 aromatic heterocycles. The minimum atomic E-state index is -0.725. The second kappa shape index (κ2) is 5.94. The first-order chi connectivity index (χ1) is 10.0. The van der Waals surface area contributed by atoms with Gasteiger partial charge in [-0.05, 0) is 72.4 Å². The average molecular weight is 399 g/mol. The van der Waals surface area contributed by atoms with Gasteiger partial charge in [0.2, 0.25) is 0 Å². The Kier molecular flexibility index (Phi) is 4.19. The minimum Gasteiger partial charge on any atom is -0.481 e. The number of carboxylic acids is 1. The van der Waals surface area contributed by atoms with Crippen molar-refractivity contribution in [1.82, 2.24) is 4.90 Å². The Hall–Kier alpha value is -1.11. The molecule has 2 saturated heterocycles. The Labute approximate surface area is 137 Å². The number of carbonyl (C=O) groups is 2. The second-order valence-electron chi connectivity index (χ2n) is 6.04. The summed E-state index contributed by atoms with van der Waals surface area (Å²) in [5, 5.41) is 8.96. The molecule has 0 saturated carbocycles. The summed E-state index contributed by atoms with van der Waals surface area (Å²) in [5.41, 5.74) is 0.746. The predicted octanol–water partition coefficient (Wildman–Crippen LogP) is 3.15. The monoisotopic (exact) mass is 399 g/mol. The van der Waals surface area contributed by atoms with Gasteiger partial charge in [-0.25, -0.2) is 0 Å². The van der Waals surface area contributed by atoms with Crippen LogP contribution in [-0.2, 0) is 4.79 Å². The molecule has 2 atom stereocenters. The van der Waals surface area contributed by atoms with Crippen LogP contribution in [0.5, 0.6) is 0 Å². The fraction of sp³-hybridized carbons (Fsp3) is 0.500. The van der Waals surface area contributed by atoms with Crippen molar-refractivity contribution in [2.75, 3.05) is 0 Å². The number of fused-ring (bicyclic) bond motifs is 2. The number of rotatable bonds is 3. The highest BCUT2D eigenvalue weighted by atomic mass is 127. The van der Waals surface area contributed by atoms with Crippen LogP contribution in [0, 0.1) is 9.49 Å². The molecule has 4 nitrogen and oxygen atoms in total. The molecule has 2 heterocycles. The number of amides is 1. The number of nitrogens with zero attached hydrogens (tertiary/aromatic N) is 1. The van der Waals surface area contributed by atoms with Gasteiger partial charge in [-0.2, -0.15) is 0 Å². The SMILES string of the molecule is O=C(O)CC1CC2CCC(C1)N2C(=O)c1cccc(I)c1. The molecular formula is C16H18INO3. The van der Waals surface area contributed by atoms with E-state index in [1.807, 2.05) is 29.2 Å². The lowest BCUT2D eigenvalue weighted by Crippen LogP contribution is -2.46. The Morgan fingerprint density at radius 1 is 1.24 bits per heavy atom. The van der Waals surface area contributed by atoms with E-state index in [0.29, 0.717) is 0 Å². The van der Waals surface area contributed by atoms with E-state index in [1.165, 1.54) is 0 Å². The maximum atomic E-state index is 12.7. The normalized spacial score (nSPS) is 27.7. The van der Waals surface area contributed by atoms with Crippen LogP contribution in [0.1, 0.15) is 42.5 Å². The van der Waals surface area contributed by atoms with Gasteiger partial charge in [0.05, 0.1) is 0 Å². The second-order valence-corrected chi connectivity index (χ2v) is 7.29. The summed E-state index contributed by atoms with van der Waals surface area (Å²) in [7, 11) is 0. The van der Waals surface area contributed by atoms with Gasteiger partial charge in [-0.3, -0.25) is 9.59 Å². The minimum absolute atomic E-state index is 0.106. The molecule has 2 unspecified atom stereocenters. The highest BCUT2D eigenvalue weighted by molar-refractivity contribution is 14.1. The average Bonchev–Trinajstić information content (AvgIpc) is 2.69. The molecule has 2 aliphatic heterocycles. The molecule has 1 N–H and O–H groups in total. The van der Waals surface area contributed by atoms with Gasteiger partial charge in [0, 0.05) is 27.6 Å². The number of hydrogen-bond donors (Lipinski definition) is 1.